The second kappa shape index (κ2) is 3.33. The Morgan fingerprint density at radius 1 is 1.54 bits per heavy atom. The largest absolute Gasteiger partial charge is 0.295 e. The summed E-state index contributed by atoms with van der Waals surface area (Å²) in [5.41, 5.74) is 2.26. The van der Waals surface area contributed by atoms with E-state index < -0.39 is 0 Å². The van der Waals surface area contributed by atoms with Gasteiger partial charge in [0, 0.05) is 6.42 Å². The summed E-state index contributed by atoms with van der Waals surface area (Å²) < 4.78 is 0. The molecule has 0 unspecified atom stereocenters. The predicted octanol–water partition coefficient (Wildman–Crippen LogP) is 3.04. The minimum Gasteiger partial charge on any atom is -0.295 e. The summed E-state index contributed by atoms with van der Waals surface area (Å²) in [6.45, 7) is 9.85. The van der Waals surface area contributed by atoms with Gasteiger partial charge in [-0.15, -0.1) is 0 Å². The van der Waals surface area contributed by atoms with E-state index in [-0.39, 0.29) is 11.2 Å². The van der Waals surface area contributed by atoms with Gasteiger partial charge in [-0.1, -0.05) is 32.6 Å². The first-order valence-electron chi connectivity index (χ1n) is 4.52. The Hall–Kier alpha value is -1.11. The highest BCUT2D eigenvalue weighted by Crippen LogP contribution is 2.38. The zero-order chi connectivity index (χ0) is 10.1. The van der Waals surface area contributed by atoms with Crippen LogP contribution in [0.15, 0.2) is 36.0 Å². The van der Waals surface area contributed by atoms with Gasteiger partial charge in [-0.3, -0.25) is 4.79 Å². The van der Waals surface area contributed by atoms with Gasteiger partial charge in [0.2, 0.25) is 0 Å². The second-order valence-electron chi connectivity index (χ2n) is 4.17. The number of hydrogen-bond donors (Lipinski definition) is 0. The molecule has 0 saturated carbocycles. The molecule has 70 valence electrons. The van der Waals surface area contributed by atoms with Crippen molar-refractivity contribution in [2.75, 3.05) is 0 Å². The fourth-order valence-electron chi connectivity index (χ4n) is 1.91. The maximum Gasteiger partial charge on any atom is 0.156 e. The third-order valence-electron chi connectivity index (χ3n) is 2.43. The van der Waals surface area contributed by atoms with Gasteiger partial charge in [0.25, 0.3) is 0 Å². The summed E-state index contributed by atoms with van der Waals surface area (Å²) >= 11 is 0. The van der Waals surface area contributed by atoms with Crippen molar-refractivity contribution in [3.63, 3.8) is 0 Å². The number of carbonyl (C=O) groups excluding carboxylic acids is 1. The molecule has 0 saturated heterocycles. The summed E-state index contributed by atoms with van der Waals surface area (Å²) in [4.78, 5) is 11.3. The standard InChI is InChI=1S/C12H16O/c1-5-6-11-9(2)7-10(13)8-12(11,3)4/h5-7H,1,8H2,2-4H3. The monoisotopic (exact) mass is 176 g/mol. The van der Waals surface area contributed by atoms with Crippen LogP contribution in [0, 0.1) is 5.41 Å². The second-order valence-corrected chi connectivity index (χ2v) is 4.17. The van der Waals surface area contributed by atoms with Gasteiger partial charge in [0.15, 0.2) is 5.78 Å². The van der Waals surface area contributed by atoms with Crippen LogP contribution < -0.4 is 0 Å². The molecule has 0 aromatic rings. The molecule has 13 heavy (non-hydrogen) atoms. The van der Waals surface area contributed by atoms with E-state index in [2.05, 4.69) is 20.4 Å². The average Bonchev–Trinajstić information content (AvgIpc) is 1.95. The maximum absolute atomic E-state index is 11.3. The fraction of sp³-hybridized carbons (Fsp3) is 0.417. The third kappa shape index (κ3) is 1.97. The van der Waals surface area contributed by atoms with E-state index in [4.69, 9.17) is 0 Å². The van der Waals surface area contributed by atoms with E-state index in [1.807, 2.05) is 13.0 Å². The van der Waals surface area contributed by atoms with Crippen LogP contribution >= 0.6 is 0 Å². The molecule has 0 atom stereocenters. The van der Waals surface area contributed by atoms with Crippen molar-refractivity contribution < 1.29 is 4.79 Å². The molecule has 0 radical (unpaired) electrons. The number of allylic oxidation sites excluding steroid dienone is 5. The van der Waals surface area contributed by atoms with Crippen LogP contribution in [0.2, 0.25) is 0 Å². The van der Waals surface area contributed by atoms with Gasteiger partial charge in [-0.2, -0.15) is 0 Å². The first-order valence-corrected chi connectivity index (χ1v) is 4.52. The van der Waals surface area contributed by atoms with Crippen molar-refractivity contribution >= 4 is 5.78 Å². The maximum atomic E-state index is 11.3. The molecule has 0 spiro atoms. The van der Waals surface area contributed by atoms with Gasteiger partial charge in [0.05, 0.1) is 0 Å². The summed E-state index contributed by atoms with van der Waals surface area (Å²) in [7, 11) is 0. The zero-order valence-electron chi connectivity index (χ0n) is 8.55. The zero-order valence-corrected chi connectivity index (χ0v) is 8.55. The Balaban J connectivity index is 3.18. The summed E-state index contributed by atoms with van der Waals surface area (Å²) in [6.07, 6.45) is 6.10. The first-order chi connectivity index (χ1) is 5.97. The molecule has 1 heteroatoms. The van der Waals surface area contributed by atoms with Crippen LogP contribution in [0.25, 0.3) is 0 Å². The lowest BCUT2D eigenvalue weighted by atomic mass is 9.72. The number of hydrogen-bond acceptors (Lipinski definition) is 1. The molecule has 0 N–H and O–H groups in total. The lowest BCUT2D eigenvalue weighted by molar-refractivity contribution is -0.116. The van der Waals surface area contributed by atoms with E-state index in [9.17, 15) is 4.79 Å². The Labute approximate surface area is 79.8 Å². The van der Waals surface area contributed by atoms with Crippen molar-refractivity contribution in [1.82, 2.24) is 0 Å². The smallest absolute Gasteiger partial charge is 0.156 e. The molecule has 0 amide bonds. The molecule has 0 fully saturated rings. The quantitative estimate of drug-likeness (QED) is 0.600. The van der Waals surface area contributed by atoms with Gasteiger partial charge < -0.3 is 0 Å². The Kier molecular flexibility index (Phi) is 2.55. The highest BCUT2D eigenvalue weighted by molar-refractivity contribution is 5.93. The summed E-state index contributed by atoms with van der Waals surface area (Å²) in [6, 6.07) is 0. The average molecular weight is 176 g/mol. The molecule has 1 nitrogen and oxygen atoms in total. The Bertz CT molecular complexity index is 303. The van der Waals surface area contributed by atoms with Gasteiger partial charge in [-0.25, -0.2) is 0 Å². The SMILES string of the molecule is C=CC=C1C(C)=CC(=O)CC1(C)C. The first kappa shape index (κ1) is 9.97. The van der Waals surface area contributed by atoms with Crippen LogP contribution in [0.3, 0.4) is 0 Å². The van der Waals surface area contributed by atoms with Crippen molar-refractivity contribution in [3.05, 3.63) is 36.0 Å². The highest BCUT2D eigenvalue weighted by atomic mass is 16.1. The van der Waals surface area contributed by atoms with Gasteiger partial charge in [0.1, 0.15) is 0 Å². The minimum atomic E-state index is -0.0376. The number of carbonyl (C=O) groups is 1. The molecule has 0 bridgehead atoms. The van der Waals surface area contributed by atoms with E-state index in [1.165, 1.54) is 5.57 Å². The van der Waals surface area contributed by atoms with E-state index in [0.29, 0.717) is 6.42 Å². The Morgan fingerprint density at radius 2 is 2.15 bits per heavy atom. The molecule has 0 aliphatic heterocycles. The lowest BCUT2D eigenvalue weighted by Crippen LogP contribution is -2.24. The van der Waals surface area contributed by atoms with Crippen molar-refractivity contribution in [2.24, 2.45) is 5.41 Å². The van der Waals surface area contributed by atoms with E-state index in [1.54, 1.807) is 12.2 Å². The van der Waals surface area contributed by atoms with Crippen LogP contribution in [0.5, 0.6) is 0 Å². The molecule has 1 rings (SSSR count). The van der Waals surface area contributed by atoms with Crippen LogP contribution in [0.4, 0.5) is 0 Å². The van der Waals surface area contributed by atoms with Gasteiger partial charge in [-0.05, 0) is 29.6 Å². The molecule has 0 aromatic carbocycles. The molecular formula is C12H16O. The predicted molar refractivity (Wildman–Crippen MR) is 55.4 cm³/mol. The number of rotatable bonds is 1. The van der Waals surface area contributed by atoms with Crippen molar-refractivity contribution in [1.29, 1.82) is 0 Å². The van der Waals surface area contributed by atoms with E-state index in [0.717, 1.165) is 5.57 Å². The molecule has 1 aliphatic carbocycles. The summed E-state index contributed by atoms with van der Waals surface area (Å²) in [5, 5.41) is 0. The molecule has 0 heterocycles. The molecule has 0 aromatic heterocycles. The van der Waals surface area contributed by atoms with Crippen molar-refractivity contribution in [3.8, 4) is 0 Å². The topological polar surface area (TPSA) is 17.1 Å². The minimum absolute atomic E-state index is 0.0376. The Morgan fingerprint density at radius 3 is 2.62 bits per heavy atom. The molecular weight excluding hydrogens is 160 g/mol. The third-order valence-corrected chi connectivity index (χ3v) is 2.43. The van der Waals surface area contributed by atoms with E-state index >= 15 is 0 Å². The van der Waals surface area contributed by atoms with Crippen LogP contribution in [-0.4, -0.2) is 5.78 Å². The van der Waals surface area contributed by atoms with Crippen LogP contribution in [0.1, 0.15) is 27.2 Å². The van der Waals surface area contributed by atoms with Crippen molar-refractivity contribution in [2.45, 2.75) is 27.2 Å². The normalized spacial score (nSPS) is 24.4. The number of ketones is 1. The molecule has 1 aliphatic rings. The lowest BCUT2D eigenvalue weighted by Gasteiger charge is -2.31. The van der Waals surface area contributed by atoms with Gasteiger partial charge >= 0.3 is 0 Å². The highest BCUT2D eigenvalue weighted by Gasteiger charge is 2.30. The fourth-order valence-corrected chi connectivity index (χ4v) is 1.91. The van der Waals surface area contributed by atoms with Crippen LogP contribution in [-0.2, 0) is 4.79 Å². The summed E-state index contributed by atoms with van der Waals surface area (Å²) in [5.74, 6) is 0.226.